The average molecular weight is 300 g/mol. The summed E-state index contributed by atoms with van der Waals surface area (Å²) < 4.78 is 0. The van der Waals surface area contributed by atoms with Crippen LogP contribution in [0.1, 0.15) is 41.7 Å². The molecule has 1 aliphatic carbocycles. The summed E-state index contributed by atoms with van der Waals surface area (Å²) in [6, 6.07) is 6.84. The molecule has 116 valence electrons. The van der Waals surface area contributed by atoms with Crippen LogP contribution in [0.3, 0.4) is 0 Å². The van der Waals surface area contributed by atoms with E-state index in [4.69, 9.17) is 0 Å². The second-order valence-corrected chi connectivity index (χ2v) is 6.06. The first-order chi connectivity index (χ1) is 10.6. The standard InChI is InChI=1S/C17H20N2O3/c1-10-12-4-2-3-5-13(12)18-15(10)16(20)19-14(17(21)22)9-8-11-6-7-11/h2-5,11,14,18H,6-9H2,1H3,(H,19,20)(H,21,22). The molecule has 3 rings (SSSR count). The smallest absolute Gasteiger partial charge is 0.326 e. The molecule has 0 radical (unpaired) electrons. The molecule has 1 aromatic carbocycles. The summed E-state index contributed by atoms with van der Waals surface area (Å²) in [5, 5.41) is 12.9. The lowest BCUT2D eigenvalue weighted by atomic mass is 10.1. The van der Waals surface area contributed by atoms with Gasteiger partial charge in [0.25, 0.3) is 5.91 Å². The average Bonchev–Trinajstić information content (AvgIpc) is 3.27. The number of aromatic nitrogens is 1. The third-order valence-corrected chi connectivity index (χ3v) is 4.36. The lowest BCUT2D eigenvalue weighted by Gasteiger charge is -2.14. The lowest BCUT2D eigenvalue weighted by Crippen LogP contribution is -2.41. The summed E-state index contributed by atoms with van der Waals surface area (Å²) in [6.45, 7) is 1.87. The Bertz CT molecular complexity index is 716. The Kier molecular flexibility index (Phi) is 3.88. The van der Waals surface area contributed by atoms with Gasteiger partial charge >= 0.3 is 5.97 Å². The minimum Gasteiger partial charge on any atom is -0.480 e. The summed E-state index contributed by atoms with van der Waals surface area (Å²) in [7, 11) is 0. The molecule has 22 heavy (non-hydrogen) atoms. The van der Waals surface area contributed by atoms with Crippen LogP contribution in [0, 0.1) is 12.8 Å². The topological polar surface area (TPSA) is 82.2 Å². The van der Waals surface area contributed by atoms with E-state index in [0.717, 1.165) is 22.9 Å². The van der Waals surface area contributed by atoms with Crippen LogP contribution in [0.15, 0.2) is 24.3 Å². The molecule has 5 heteroatoms. The summed E-state index contributed by atoms with van der Waals surface area (Å²) in [5.74, 6) is -0.673. The minimum atomic E-state index is -0.970. The monoisotopic (exact) mass is 300 g/mol. The van der Waals surface area contributed by atoms with Gasteiger partial charge in [0.1, 0.15) is 11.7 Å². The van der Waals surface area contributed by atoms with Gasteiger partial charge in [-0.2, -0.15) is 0 Å². The normalized spacial score (nSPS) is 15.7. The summed E-state index contributed by atoms with van der Waals surface area (Å²) in [5.41, 5.74) is 2.17. The molecule has 3 N–H and O–H groups in total. The number of carbonyl (C=O) groups excluding carboxylic acids is 1. The Labute approximate surface area is 128 Å². The van der Waals surface area contributed by atoms with Gasteiger partial charge in [0.15, 0.2) is 0 Å². The number of amides is 1. The van der Waals surface area contributed by atoms with Gasteiger partial charge in [0, 0.05) is 10.9 Å². The molecule has 1 unspecified atom stereocenters. The summed E-state index contributed by atoms with van der Waals surface area (Å²) >= 11 is 0. The van der Waals surface area contributed by atoms with Crippen molar-refractivity contribution in [2.24, 2.45) is 5.92 Å². The highest BCUT2D eigenvalue weighted by Gasteiger charge is 2.27. The van der Waals surface area contributed by atoms with E-state index in [-0.39, 0.29) is 5.91 Å². The molecule has 1 heterocycles. The van der Waals surface area contributed by atoms with Crippen LogP contribution >= 0.6 is 0 Å². The van der Waals surface area contributed by atoms with Crippen molar-refractivity contribution < 1.29 is 14.7 Å². The highest BCUT2D eigenvalue weighted by atomic mass is 16.4. The minimum absolute atomic E-state index is 0.350. The molecular weight excluding hydrogens is 280 g/mol. The molecule has 0 spiro atoms. The van der Waals surface area contributed by atoms with Crippen molar-refractivity contribution in [3.8, 4) is 0 Å². The van der Waals surface area contributed by atoms with Crippen molar-refractivity contribution in [1.29, 1.82) is 0 Å². The second-order valence-electron chi connectivity index (χ2n) is 6.06. The fourth-order valence-corrected chi connectivity index (χ4v) is 2.81. The third-order valence-electron chi connectivity index (χ3n) is 4.36. The Balaban J connectivity index is 1.75. The number of aliphatic carboxylic acids is 1. The van der Waals surface area contributed by atoms with Gasteiger partial charge in [-0.15, -0.1) is 0 Å². The van der Waals surface area contributed by atoms with E-state index in [1.54, 1.807) is 0 Å². The zero-order chi connectivity index (χ0) is 15.7. The molecule has 1 aromatic heterocycles. The maximum atomic E-state index is 12.4. The first-order valence-corrected chi connectivity index (χ1v) is 7.67. The number of benzene rings is 1. The van der Waals surface area contributed by atoms with Crippen LogP contribution in [0.5, 0.6) is 0 Å². The van der Waals surface area contributed by atoms with Gasteiger partial charge in [-0.3, -0.25) is 4.79 Å². The van der Waals surface area contributed by atoms with Crippen molar-refractivity contribution in [2.75, 3.05) is 0 Å². The number of fused-ring (bicyclic) bond motifs is 1. The number of H-pyrrole nitrogens is 1. The van der Waals surface area contributed by atoms with Crippen molar-refractivity contribution in [2.45, 2.75) is 38.6 Å². The molecule has 0 saturated heterocycles. The number of hydrogen-bond acceptors (Lipinski definition) is 2. The number of aromatic amines is 1. The van der Waals surface area contributed by atoms with E-state index in [1.165, 1.54) is 12.8 Å². The van der Waals surface area contributed by atoms with Gasteiger partial charge < -0.3 is 15.4 Å². The molecule has 1 amide bonds. The van der Waals surface area contributed by atoms with E-state index >= 15 is 0 Å². The predicted molar refractivity (Wildman–Crippen MR) is 83.9 cm³/mol. The fourth-order valence-electron chi connectivity index (χ4n) is 2.81. The van der Waals surface area contributed by atoms with E-state index in [2.05, 4.69) is 10.3 Å². The molecule has 2 aromatic rings. The maximum Gasteiger partial charge on any atom is 0.326 e. The molecular formula is C17H20N2O3. The number of nitrogens with one attached hydrogen (secondary N) is 2. The number of carboxylic acid groups (broad SMARTS) is 1. The highest BCUT2D eigenvalue weighted by Crippen LogP contribution is 2.34. The summed E-state index contributed by atoms with van der Waals surface area (Å²) in [6.07, 6.45) is 3.72. The lowest BCUT2D eigenvalue weighted by molar-refractivity contribution is -0.139. The van der Waals surface area contributed by atoms with Gasteiger partial charge in [-0.05, 0) is 37.3 Å². The van der Waals surface area contributed by atoms with E-state index in [1.807, 2.05) is 31.2 Å². The van der Waals surface area contributed by atoms with Crippen molar-refractivity contribution in [3.63, 3.8) is 0 Å². The first kappa shape index (κ1) is 14.6. The van der Waals surface area contributed by atoms with Crippen molar-refractivity contribution >= 4 is 22.8 Å². The molecule has 1 fully saturated rings. The van der Waals surface area contributed by atoms with Crippen LogP contribution < -0.4 is 5.32 Å². The summed E-state index contributed by atoms with van der Waals surface area (Å²) in [4.78, 5) is 26.8. The van der Waals surface area contributed by atoms with Crippen LogP contribution in [0.25, 0.3) is 10.9 Å². The van der Waals surface area contributed by atoms with Crippen LogP contribution in [-0.2, 0) is 4.79 Å². The molecule has 0 aliphatic heterocycles. The molecule has 1 aliphatic rings. The fraction of sp³-hybridized carbons (Fsp3) is 0.412. The second kappa shape index (κ2) is 5.83. The Morgan fingerprint density at radius 1 is 1.36 bits per heavy atom. The Morgan fingerprint density at radius 3 is 2.73 bits per heavy atom. The number of carboxylic acids is 1. The number of carbonyl (C=O) groups is 2. The largest absolute Gasteiger partial charge is 0.480 e. The van der Waals surface area contributed by atoms with E-state index in [0.29, 0.717) is 18.0 Å². The van der Waals surface area contributed by atoms with Crippen LogP contribution in [0.2, 0.25) is 0 Å². The maximum absolute atomic E-state index is 12.4. The number of aryl methyl sites for hydroxylation is 1. The Morgan fingerprint density at radius 2 is 2.09 bits per heavy atom. The quantitative estimate of drug-likeness (QED) is 0.767. The first-order valence-electron chi connectivity index (χ1n) is 7.67. The zero-order valence-electron chi connectivity index (χ0n) is 12.6. The van der Waals surface area contributed by atoms with E-state index in [9.17, 15) is 14.7 Å². The van der Waals surface area contributed by atoms with Crippen LogP contribution in [0.4, 0.5) is 0 Å². The van der Waals surface area contributed by atoms with Gasteiger partial charge in [-0.1, -0.05) is 31.0 Å². The van der Waals surface area contributed by atoms with E-state index < -0.39 is 12.0 Å². The predicted octanol–water partition coefficient (Wildman–Crippen LogP) is 2.85. The zero-order valence-corrected chi connectivity index (χ0v) is 12.6. The SMILES string of the molecule is Cc1c(C(=O)NC(CCC2CC2)C(=O)O)[nH]c2ccccc12. The molecule has 0 bridgehead atoms. The van der Waals surface area contributed by atoms with Gasteiger partial charge in [-0.25, -0.2) is 4.79 Å². The van der Waals surface area contributed by atoms with Gasteiger partial charge in [0.2, 0.25) is 0 Å². The third kappa shape index (κ3) is 2.98. The Hall–Kier alpha value is -2.30. The van der Waals surface area contributed by atoms with Crippen molar-refractivity contribution in [3.05, 3.63) is 35.5 Å². The highest BCUT2D eigenvalue weighted by molar-refractivity contribution is 6.02. The van der Waals surface area contributed by atoms with Crippen molar-refractivity contribution in [1.82, 2.24) is 10.3 Å². The number of rotatable bonds is 6. The molecule has 1 saturated carbocycles. The van der Waals surface area contributed by atoms with Gasteiger partial charge in [0.05, 0.1) is 0 Å². The molecule has 1 atom stereocenters. The number of hydrogen-bond donors (Lipinski definition) is 3. The van der Waals surface area contributed by atoms with Crippen LogP contribution in [-0.4, -0.2) is 28.0 Å². The molecule has 5 nitrogen and oxygen atoms in total. The number of para-hydroxylation sites is 1.